The summed E-state index contributed by atoms with van der Waals surface area (Å²) in [5.74, 6) is -0.188. The van der Waals surface area contributed by atoms with Gasteiger partial charge in [0.15, 0.2) is 0 Å². The van der Waals surface area contributed by atoms with Crippen LogP contribution in [0.2, 0.25) is 0 Å². The van der Waals surface area contributed by atoms with Gasteiger partial charge in [-0.15, -0.1) is 0 Å². The highest BCUT2D eigenvalue weighted by Gasteiger charge is 2.26. The van der Waals surface area contributed by atoms with Gasteiger partial charge >= 0.3 is 0 Å². The van der Waals surface area contributed by atoms with Crippen molar-refractivity contribution < 1.29 is 13.2 Å². The van der Waals surface area contributed by atoms with Gasteiger partial charge in [-0.2, -0.15) is 0 Å². The summed E-state index contributed by atoms with van der Waals surface area (Å²) in [4.78, 5) is 12.6. The lowest BCUT2D eigenvalue weighted by atomic mass is 10.3. The van der Waals surface area contributed by atoms with Crippen molar-refractivity contribution >= 4 is 21.6 Å². The highest BCUT2D eigenvalue weighted by molar-refractivity contribution is 7.89. The quantitative estimate of drug-likeness (QED) is 0.808. The molecule has 0 atom stereocenters. The zero-order valence-electron chi connectivity index (χ0n) is 13.5. The lowest BCUT2D eigenvalue weighted by Crippen LogP contribution is -2.24. The second kappa shape index (κ2) is 6.78. The fourth-order valence-corrected chi connectivity index (χ4v) is 3.62. The SMILES string of the molecule is CCCNS(=O)(=O)c1ccc(NC(=O)c2cccn2C2CC2)cc1. The number of benzene rings is 1. The van der Waals surface area contributed by atoms with Crippen LogP contribution in [-0.4, -0.2) is 25.4 Å². The van der Waals surface area contributed by atoms with Crippen LogP contribution >= 0.6 is 0 Å². The zero-order valence-corrected chi connectivity index (χ0v) is 14.3. The summed E-state index contributed by atoms with van der Waals surface area (Å²) in [6, 6.07) is 10.3. The maximum Gasteiger partial charge on any atom is 0.272 e. The van der Waals surface area contributed by atoms with E-state index >= 15 is 0 Å². The highest BCUT2D eigenvalue weighted by Crippen LogP contribution is 2.36. The zero-order chi connectivity index (χ0) is 17.2. The van der Waals surface area contributed by atoms with E-state index in [9.17, 15) is 13.2 Å². The number of sulfonamides is 1. The van der Waals surface area contributed by atoms with E-state index in [0.717, 1.165) is 19.3 Å². The van der Waals surface area contributed by atoms with Crippen molar-refractivity contribution in [2.75, 3.05) is 11.9 Å². The number of hydrogen-bond acceptors (Lipinski definition) is 3. The average molecular weight is 347 g/mol. The van der Waals surface area contributed by atoms with E-state index < -0.39 is 10.0 Å². The summed E-state index contributed by atoms with van der Waals surface area (Å²) in [5.41, 5.74) is 1.19. The lowest BCUT2D eigenvalue weighted by molar-refractivity contribution is 0.101. The van der Waals surface area contributed by atoms with Crippen molar-refractivity contribution in [2.24, 2.45) is 0 Å². The van der Waals surface area contributed by atoms with E-state index in [-0.39, 0.29) is 10.8 Å². The first-order chi connectivity index (χ1) is 11.5. The van der Waals surface area contributed by atoms with Gasteiger partial charge in [0.25, 0.3) is 5.91 Å². The maximum absolute atomic E-state index is 12.4. The number of rotatable bonds is 7. The van der Waals surface area contributed by atoms with E-state index in [4.69, 9.17) is 0 Å². The number of aromatic nitrogens is 1. The number of hydrogen-bond donors (Lipinski definition) is 2. The Morgan fingerprint density at radius 2 is 1.92 bits per heavy atom. The fraction of sp³-hybridized carbons (Fsp3) is 0.353. The molecule has 0 radical (unpaired) electrons. The third-order valence-corrected chi connectivity index (χ3v) is 5.39. The highest BCUT2D eigenvalue weighted by atomic mass is 32.2. The molecule has 1 aliphatic carbocycles. The summed E-state index contributed by atoms with van der Waals surface area (Å²) in [6.07, 6.45) is 4.86. The molecule has 7 heteroatoms. The molecule has 1 saturated carbocycles. The predicted molar refractivity (Wildman–Crippen MR) is 92.6 cm³/mol. The van der Waals surface area contributed by atoms with Crippen molar-refractivity contribution in [1.29, 1.82) is 0 Å². The first-order valence-electron chi connectivity index (χ1n) is 8.09. The number of nitrogens with zero attached hydrogens (tertiary/aromatic N) is 1. The Morgan fingerprint density at radius 1 is 1.21 bits per heavy atom. The number of carbonyl (C=O) groups is 1. The van der Waals surface area contributed by atoms with E-state index in [1.807, 2.05) is 23.8 Å². The van der Waals surface area contributed by atoms with Crippen molar-refractivity contribution in [3.8, 4) is 0 Å². The second-order valence-electron chi connectivity index (χ2n) is 5.91. The van der Waals surface area contributed by atoms with E-state index in [1.165, 1.54) is 12.1 Å². The maximum atomic E-state index is 12.4. The van der Waals surface area contributed by atoms with Gasteiger partial charge in [0.1, 0.15) is 5.69 Å². The molecule has 3 rings (SSSR count). The Kier molecular flexibility index (Phi) is 4.73. The first-order valence-corrected chi connectivity index (χ1v) is 9.57. The van der Waals surface area contributed by atoms with Gasteiger partial charge in [-0.3, -0.25) is 4.79 Å². The number of nitrogens with one attached hydrogen (secondary N) is 2. The van der Waals surface area contributed by atoms with Gasteiger partial charge in [0.2, 0.25) is 10.0 Å². The molecule has 1 amide bonds. The van der Waals surface area contributed by atoms with Crippen molar-refractivity contribution in [1.82, 2.24) is 9.29 Å². The van der Waals surface area contributed by atoms with E-state index in [1.54, 1.807) is 18.2 Å². The van der Waals surface area contributed by atoms with E-state index in [0.29, 0.717) is 24.0 Å². The molecule has 24 heavy (non-hydrogen) atoms. The topological polar surface area (TPSA) is 80.2 Å². The van der Waals surface area contributed by atoms with Crippen LogP contribution in [0.5, 0.6) is 0 Å². The molecule has 2 N–H and O–H groups in total. The molecule has 1 aliphatic rings. The normalized spacial score (nSPS) is 14.5. The third kappa shape index (κ3) is 3.68. The summed E-state index contributed by atoms with van der Waals surface area (Å²) in [5, 5.41) is 2.81. The standard InChI is InChI=1S/C17H21N3O3S/c1-2-11-18-24(22,23)15-9-5-13(6-10-15)19-17(21)16-4-3-12-20(16)14-7-8-14/h3-6,9-10,12,14,18H,2,7-8,11H2,1H3,(H,19,21). The molecule has 0 aliphatic heterocycles. The van der Waals surface area contributed by atoms with Crippen LogP contribution in [0.4, 0.5) is 5.69 Å². The average Bonchev–Trinajstić information content (AvgIpc) is 3.30. The smallest absolute Gasteiger partial charge is 0.272 e. The molecule has 0 unspecified atom stereocenters. The van der Waals surface area contributed by atoms with Crippen molar-refractivity contribution in [2.45, 2.75) is 37.1 Å². The minimum absolute atomic E-state index is 0.188. The van der Waals surface area contributed by atoms with Crippen LogP contribution in [0.25, 0.3) is 0 Å². The van der Waals surface area contributed by atoms with Crippen LogP contribution in [0.15, 0.2) is 47.5 Å². The molecule has 1 heterocycles. The van der Waals surface area contributed by atoms with Gasteiger partial charge in [-0.05, 0) is 55.7 Å². The van der Waals surface area contributed by atoms with Gasteiger partial charge in [0.05, 0.1) is 4.90 Å². The lowest BCUT2D eigenvalue weighted by Gasteiger charge is -2.10. The minimum Gasteiger partial charge on any atom is -0.340 e. The largest absolute Gasteiger partial charge is 0.340 e. The van der Waals surface area contributed by atoms with Crippen molar-refractivity contribution in [3.63, 3.8) is 0 Å². The second-order valence-corrected chi connectivity index (χ2v) is 7.68. The van der Waals surface area contributed by atoms with Gasteiger partial charge in [-0.25, -0.2) is 13.1 Å². The Hall–Kier alpha value is -2.12. The molecule has 128 valence electrons. The number of carbonyl (C=O) groups excluding carboxylic acids is 1. The molecule has 1 aromatic carbocycles. The summed E-state index contributed by atoms with van der Waals surface area (Å²) >= 11 is 0. The Labute approximate surface area is 141 Å². The predicted octanol–water partition coefficient (Wildman–Crippen LogP) is 2.76. The molecule has 2 aromatic rings. The van der Waals surface area contributed by atoms with Crippen LogP contribution < -0.4 is 10.0 Å². The third-order valence-electron chi connectivity index (χ3n) is 3.92. The molecular formula is C17H21N3O3S. The Balaban J connectivity index is 1.70. The van der Waals surface area contributed by atoms with Crippen LogP contribution in [0, 0.1) is 0 Å². The first kappa shape index (κ1) is 16.7. The monoisotopic (exact) mass is 347 g/mol. The Morgan fingerprint density at radius 3 is 2.54 bits per heavy atom. The van der Waals surface area contributed by atoms with Gasteiger partial charge < -0.3 is 9.88 Å². The van der Waals surface area contributed by atoms with Crippen LogP contribution in [-0.2, 0) is 10.0 Å². The fourth-order valence-electron chi connectivity index (χ4n) is 2.49. The molecule has 0 bridgehead atoms. The molecule has 6 nitrogen and oxygen atoms in total. The van der Waals surface area contributed by atoms with Crippen LogP contribution in [0.1, 0.15) is 42.7 Å². The van der Waals surface area contributed by atoms with Crippen molar-refractivity contribution in [3.05, 3.63) is 48.3 Å². The van der Waals surface area contributed by atoms with Gasteiger partial charge in [0, 0.05) is 24.5 Å². The van der Waals surface area contributed by atoms with Crippen LogP contribution in [0.3, 0.4) is 0 Å². The Bertz CT molecular complexity index is 821. The number of amides is 1. The number of anilines is 1. The minimum atomic E-state index is -3.49. The molecule has 1 fully saturated rings. The molecule has 0 saturated heterocycles. The molecular weight excluding hydrogens is 326 g/mol. The molecule has 0 spiro atoms. The summed E-state index contributed by atoms with van der Waals surface area (Å²) in [7, 11) is -3.49. The van der Waals surface area contributed by atoms with E-state index in [2.05, 4.69) is 10.0 Å². The molecule has 1 aromatic heterocycles. The van der Waals surface area contributed by atoms with Gasteiger partial charge in [-0.1, -0.05) is 6.92 Å². The summed E-state index contributed by atoms with van der Waals surface area (Å²) < 4.78 is 28.6. The summed E-state index contributed by atoms with van der Waals surface area (Å²) in [6.45, 7) is 2.30.